The van der Waals surface area contributed by atoms with Gasteiger partial charge in [-0.2, -0.15) is 0 Å². The SMILES string of the molecule is CCOc1cccc(CNC(=O)[C@H]2CCC[C@H]2NC(=O)c2ccc(OC)cc2)c1. The highest BCUT2D eigenvalue weighted by molar-refractivity contribution is 5.95. The molecule has 0 radical (unpaired) electrons. The quantitative estimate of drug-likeness (QED) is 0.718. The van der Waals surface area contributed by atoms with Gasteiger partial charge in [-0.3, -0.25) is 9.59 Å². The van der Waals surface area contributed by atoms with Crippen LogP contribution in [0.1, 0.15) is 42.1 Å². The van der Waals surface area contributed by atoms with Gasteiger partial charge in [-0.15, -0.1) is 0 Å². The van der Waals surface area contributed by atoms with Gasteiger partial charge >= 0.3 is 0 Å². The second kappa shape index (κ2) is 9.96. The van der Waals surface area contributed by atoms with Crippen molar-refractivity contribution >= 4 is 11.8 Å². The lowest BCUT2D eigenvalue weighted by Crippen LogP contribution is -2.43. The molecule has 2 amide bonds. The second-order valence-corrected chi connectivity index (χ2v) is 7.14. The fraction of sp³-hybridized carbons (Fsp3) is 0.391. The van der Waals surface area contributed by atoms with E-state index in [-0.39, 0.29) is 23.8 Å². The molecule has 2 aromatic carbocycles. The van der Waals surface area contributed by atoms with Crippen molar-refractivity contribution in [2.24, 2.45) is 5.92 Å². The van der Waals surface area contributed by atoms with E-state index in [1.807, 2.05) is 31.2 Å². The number of ether oxygens (including phenoxy) is 2. The summed E-state index contributed by atoms with van der Waals surface area (Å²) < 4.78 is 10.6. The van der Waals surface area contributed by atoms with E-state index in [1.54, 1.807) is 31.4 Å². The minimum Gasteiger partial charge on any atom is -0.497 e. The number of hydrogen-bond donors (Lipinski definition) is 2. The molecule has 2 atom stereocenters. The molecule has 2 aromatic rings. The molecule has 1 aliphatic rings. The van der Waals surface area contributed by atoms with Gasteiger partial charge in [-0.25, -0.2) is 0 Å². The Balaban J connectivity index is 1.55. The molecule has 3 rings (SSSR count). The summed E-state index contributed by atoms with van der Waals surface area (Å²) in [4.78, 5) is 25.3. The van der Waals surface area contributed by atoms with Gasteiger partial charge in [-0.1, -0.05) is 18.6 Å². The van der Waals surface area contributed by atoms with Gasteiger partial charge in [0.05, 0.1) is 19.6 Å². The monoisotopic (exact) mass is 396 g/mol. The molecule has 2 N–H and O–H groups in total. The van der Waals surface area contributed by atoms with Crippen LogP contribution in [-0.2, 0) is 11.3 Å². The Kier molecular flexibility index (Phi) is 7.11. The normalized spacial score (nSPS) is 18.1. The summed E-state index contributed by atoms with van der Waals surface area (Å²) >= 11 is 0. The highest BCUT2D eigenvalue weighted by Crippen LogP contribution is 2.26. The molecule has 0 unspecified atom stereocenters. The van der Waals surface area contributed by atoms with E-state index in [1.165, 1.54) is 0 Å². The van der Waals surface area contributed by atoms with E-state index in [2.05, 4.69) is 10.6 Å². The molecule has 1 fully saturated rings. The summed E-state index contributed by atoms with van der Waals surface area (Å²) in [5, 5.41) is 6.03. The zero-order chi connectivity index (χ0) is 20.6. The predicted octanol–water partition coefficient (Wildman–Crippen LogP) is 3.31. The van der Waals surface area contributed by atoms with Crippen molar-refractivity contribution in [3.8, 4) is 11.5 Å². The van der Waals surface area contributed by atoms with Crippen LogP contribution in [0.3, 0.4) is 0 Å². The van der Waals surface area contributed by atoms with Crippen molar-refractivity contribution in [1.29, 1.82) is 0 Å². The van der Waals surface area contributed by atoms with E-state index in [0.29, 0.717) is 24.5 Å². The van der Waals surface area contributed by atoms with Crippen LogP contribution in [0.2, 0.25) is 0 Å². The third kappa shape index (κ3) is 5.50. The van der Waals surface area contributed by atoms with Crippen LogP contribution in [-0.4, -0.2) is 31.6 Å². The first-order valence-electron chi connectivity index (χ1n) is 10.0. The van der Waals surface area contributed by atoms with Crippen LogP contribution in [0, 0.1) is 5.92 Å². The minimum atomic E-state index is -0.215. The number of carbonyl (C=O) groups is 2. The molecule has 0 heterocycles. The molecule has 1 aliphatic carbocycles. The molecule has 0 bridgehead atoms. The minimum absolute atomic E-state index is 0.0238. The Morgan fingerprint density at radius 3 is 2.59 bits per heavy atom. The number of rotatable bonds is 8. The average Bonchev–Trinajstić information content (AvgIpc) is 3.21. The highest BCUT2D eigenvalue weighted by atomic mass is 16.5. The first-order valence-corrected chi connectivity index (χ1v) is 10.0. The van der Waals surface area contributed by atoms with Gasteiger partial charge < -0.3 is 20.1 Å². The molecule has 0 spiro atoms. The number of hydrogen-bond acceptors (Lipinski definition) is 4. The summed E-state index contributed by atoms with van der Waals surface area (Å²) in [7, 11) is 1.59. The molecule has 29 heavy (non-hydrogen) atoms. The lowest BCUT2D eigenvalue weighted by Gasteiger charge is -2.21. The number of benzene rings is 2. The third-order valence-electron chi connectivity index (χ3n) is 5.20. The fourth-order valence-electron chi connectivity index (χ4n) is 3.67. The van der Waals surface area contributed by atoms with Gasteiger partial charge in [0.1, 0.15) is 11.5 Å². The Morgan fingerprint density at radius 2 is 1.86 bits per heavy atom. The summed E-state index contributed by atoms with van der Waals surface area (Å²) in [5.41, 5.74) is 1.55. The van der Waals surface area contributed by atoms with Crippen molar-refractivity contribution in [1.82, 2.24) is 10.6 Å². The fourth-order valence-corrected chi connectivity index (χ4v) is 3.67. The maximum absolute atomic E-state index is 12.7. The molecular formula is C23H28N2O4. The smallest absolute Gasteiger partial charge is 0.251 e. The summed E-state index contributed by atoms with van der Waals surface area (Å²) in [6.07, 6.45) is 2.50. The zero-order valence-corrected chi connectivity index (χ0v) is 16.9. The van der Waals surface area contributed by atoms with Crippen molar-refractivity contribution in [2.75, 3.05) is 13.7 Å². The number of methoxy groups -OCH3 is 1. The molecule has 6 heteroatoms. The second-order valence-electron chi connectivity index (χ2n) is 7.14. The zero-order valence-electron chi connectivity index (χ0n) is 16.9. The molecule has 0 aliphatic heterocycles. The Labute approximate surface area is 171 Å². The lowest BCUT2D eigenvalue weighted by atomic mass is 10.0. The average molecular weight is 396 g/mol. The van der Waals surface area contributed by atoms with E-state index in [9.17, 15) is 9.59 Å². The maximum atomic E-state index is 12.7. The first kappa shape index (κ1) is 20.7. The van der Waals surface area contributed by atoms with E-state index < -0.39 is 0 Å². The van der Waals surface area contributed by atoms with Gasteiger partial charge in [0.2, 0.25) is 5.91 Å². The van der Waals surface area contributed by atoms with Crippen molar-refractivity contribution < 1.29 is 19.1 Å². The molecule has 0 aromatic heterocycles. The van der Waals surface area contributed by atoms with Crippen LogP contribution >= 0.6 is 0 Å². The van der Waals surface area contributed by atoms with Crippen LogP contribution in [0.5, 0.6) is 11.5 Å². The largest absolute Gasteiger partial charge is 0.497 e. The third-order valence-corrected chi connectivity index (χ3v) is 5.20. The topological polar surface area (TPSA) is 76.7 Å². The Bertz CT molecular complexity index is 835. The summed E-state index contributed by atoms with van der Waals surface area (Å²) in [6.45, 7) is 2.98. The summed E-state index contributed by atoms with van der Waals surface area (Å²) in [5.74, 6) is 1.09. The maximum Gasteiger partial charge on any atom is 0.251 e. The first-order chi connectivity index (χ1) is 14.1. The van der Waals surface area contributed by atoms with Gasteiger partial charge in [0, 0.05) is 18.2 Å². The van der Waals surface area contributed by atoms with Gasteiger partial charge in [-0.05, 0) is 61.7 Å². The summed E-state index contributed by atoms with van der Waals surface area (Å²) in [6, 6.07) is 14.5. The number of amides is 2. The molecule has 1 saturated carbocycles. The van der Waals surface area contributed by atoms with E-state index >= 15 is 0 Å². The van der Waals surface area contributed by atoms with Crippen molar-refractivity contribution in [3.05, 3.63) is 59.7 Å². The molecule has 6 nitrogen and oxygen atoms in total. The van der Waals surface area contributed by atoms with E-state index in [4.69, 9.17) is 9.47 Å². The molecular weight excluding hydrogens is 368 g/mol. The highest BCUT2D eigenvalue weighted by Gasteiger charge is 2.34. The Hall–Kier alpha value is -3.02. The number of nitrogens with one attached hydrogen (secondary N) is 2. The van der Waals surface area contributed by atoms with Crippen molar-refractivity contribution in [3.63, 3.8) is 0 Å². The standard InChI is InChI=1S/C23H28N2O4/c1-3-29-19-7-4-6-16(14-19)15-24-23(27)20-8-5-9-21(20)25-22(26)17-10-12-18(28-2)13-11-17/h4,6-7,10-14,20-21H,3,5,8-9,15H2,1-2H3,(H,24,27)(H,25,26)/t20-,21+/m0/s1. The van der Waals surface area contributed by atoms with Gasteiger partial charge in [0.25, 0.3) is 5.91 Å². The lowest BCUT2D eigenvalue weighted by molar-refractivity contribution is -0.125. The van der Waals surface area contributed by atoms with Crippen LogP contribution in [0.4, 0.5) is 0 Å². The van der Waals surface area contributed by atoms with Crippen LogP contribution in [0.25, 0.3) is 0 Å². The molecule has 0 saturated heterocycles. The molecule has 154 valence electrons. The Morgan fingerprint density at radius 1 is 1.07 bits per heavy atom. The predicted molar refractivity (Wildman–Crippen MR) is 111 cm³/mol. The van der Waals surface area contributed by atoms with Crippen LogP contribution < -0.4 is 20.1 Å². The number of carbonyl (C=O) groups excluding carboxylic acids is 2. The van der Waals surface area contributed by atoms with Crippen LogP contribution in [0.15, 0.2) is 48.5 Å². The van der Waals surface area contributed by atoms with Crippen molar-refractivity contribution in [2.45, 2.75) is 38.8 Å². The van der Waals surface area contributed by atoms with Gasteiger partial charge in [0.15, 0.2) is 0 Å². The van der Waals surface area contributed by atoms with E-state index in [0.717, 1.165) is 30.6 Å².